The quantitative estimate of drug-likeness (QED) is 0.730. The highest BCUT2D eigenvalue weighted by molar-refractivity contribution is 5.85. The molecule has 3 nitrogen and oxygen atoms in total. The number of aromatic nitrogens is 2. The van der Waals surface area contributed by atoms with E-state index >= 15 is 0 Å². The lowest BCUT2D eigenvalue weighted by Crippen LogP contribution is -1.91. The van der Waals surface area contributed by atoms with E-state index in [9.17, 15) is 4.39 Å². The average molecular weight is 215 g/mol. The lowest BCUT2D eigenvalue weighted by molar-refractivity contribution is 0.388. The first-order valence-corrected chi connectivity index (χ1v) is 3.75. The fourth-order valence-corrected chi connectivity index (χ4v) is 1.16. The SMILES string of the molecule is COc1ccc2cncnc2c1F.Cl. The van der Waals surface area contributed by atoms with Crippen molar-refractivity contribution in [3.63, 3.8) is 0 Å². The number of fused-ring (bicyclic) bond motifs is 1. The minimum atomic E-state index is -0.442. The van der Waals surface area contributed by atoms with Crippen molar-refractivity contribution in [3.8, 4) is 5.75 Å². The van der Waals surface area contributed by atoms with Crippen LogP contribution < -0.4 is 4.74 Å². The molecule has 0 spiro atoms. The van der Waals surface area contributed by atoms with E-state index in [1.165, 1.54) is 13.4 Å². The Kier molecular flexibility index (Phi) is 3.19. The molecule has 0 amide bonds. The third-order valence-corrected chi connectivity index (χ3v) is 1.80. The summed E-state index contributed by atoms with van der Waals surface area (Å²) in [5, 5.41) is 0.667. The van der Waals surface area contributed by atoms with Crippen LogP contribution in [0.2, 0.25) is 0 Å². The number of rotatable bonds is 1. The van der Waals surface area contributed by atoms with Gasteiger partial charge in [0, 0.05) is 11.6 Å². The van der Waals surface area contributed by atoms with Gasteiger partial charge in [0.15, 0.2) is 11.6 Å². The largest absolute Gasteiger partial charge is 0.494 e. The van der Waals surface area contributed by atoms with Crippen molar-refractivity contribution >= 4 is 23.3 Å². The van der Waals surface area contributed by atoms with E-state index in [0.29, 0.717) is 5.39 Å². The number of methoxy groups -OCH3 is 1. The summed E-state index contributed by atoms with van der Waals surface area (Å²) in [6, 6.07) is 3.28. The molecule has 14 heavy (non-hydrogen) atoms. The molecule has 5 heteroatoms. The van der Waals surface area contributed by atoms with E-state index < -0.39 is 5.82 Å². The van der Waals surface area contributed by atoms with Crippen molar-refractivity contribution in [2.45, 2.75) is 0 Å². The Morgan fingerprint density at radius 3 is 2.86 bits per heavy atom. The molecule has 0 bridgehead atoms. The first-order chi connectivity index (χ1) is 6.33. The predicted molar refractivity (Wildman–Crippen MR) is 53.3 cm³/mol. The first-order valence-electron chi connectivity index (χ1n) is 3.75. The van der Waals surface area contributed by atoms with Crippen molar-refractivity contribution in [2.75, 3.05) is 7.11 Å². The molecular weight excluding hydrogens is 207 g/mol. The maximum Gasteiger partial charge on any atom is 0.191 e. The fourth-order valence-electron chi connectivity index (χ4n) is 1.16. The van der Waals surface area contributed by atoms with E-state index in [1.807, 2.05) is 0 Å². The normalized spacial score (nSPS) is 9.57. The number of ether oxygens (including phenoxy) is 1. The van der Waals surface area contributed by atoms with E-state index in [-0.39, 0.29) is 23.7 Å². The van der Waals surface area contributed by atoms with Crippen LogP contribution >= 0.6 is 12.4 Å². The standard InChI is InChI=1S/C9H7FN2O.ClH/c1-13-7-3-2-6-4-11-5-12-9(6)8(7)10;/h2-5H,1H3;1H. The molecule has 1 aromatic carbocycles. The number of nitrogens with zero attached hydrogens (tertiary/aromatic N) is 2. The lowest BCUT2D eigenvalue weighted by atomic mass is 10.2. The van der Waals surface area contributed by atoms with Crippen LogP contribution in [0.4, 0.5) is 4.39 Å². The van der Waals surface area contributed by atoms with Crippen molar-refractivity contribution in [1.82, 2.24) is 9.97 Å². The second-order valence-corrected chi connectivity index (χ2v) is 2.54. The number of benzene rings is 1. The van der Waals surface area contributed by atoms with Crippen molar-refractivity contribution in [2.24, 2.45) is 0 Å². The number of halogens is 2. The van der Waals surface area contributed by atoms with Gasteiger partial charge in [-0.3, -0.25) is 0 Å². The molecule has 1 heterocycles. The van der Waals surface area contributed by atoms with E-state index in [0.717, 1.165) is 0 Å². The monoisotopic (exact) mass is 214 g/mol. The molecule has 74 valence electrons. The zero-order valence-electron chi connectivity index (χ0n) is 7.40. The smallest absolute Gasteiger partial charge is 0.191 e. The summed E-state index contributed by atoms with van der Waals surface area (Å²) in [7, 11) is 1.42. The summed E-state index contributed by atoms with van der Waals surface area (Å²) in [6.07, 6.45) is 2.87. The Morgan fingerprint density at radius 2 is 2.14 bits per heavy atom. The van der Waals surface area contributed by atoms with Gasteiger partial charge in [-0.05, 0) is 12.1 Å². The third kappa shape index (κ3) is 1.61. The second-order valence-electron chi connectivity index (χ2n) is 2.54. The molecular formula is C9H8ClFN2O. The van der Waals surface area contributed by atoms with E-state index in [2.05, 4.69) is 9.97 Å². The third-order valence-electron chi connectivity index (χ3n) is 1.80. The van der Waals surface area contributed by atoms with E-state index in [1.54, 1.807) is 18.3 Å². The fraction of sp³-hybridized carbons (Fsp3) is 0.111. The maximum absolute atomic E-state index is 13.5. The molecule has 0 N–H and O–H groups in total. The van der Waals surface area contributed by atoms with Crippen LogP contribution in [-0.4, -0.2) is 17.1 Å². The molecule has 0 aliphatic rings. The van der Waals surface area contributed by atoms with Crippen molar-refractivity contribution < 1.29 is 9.13 Å². The molecule has 0 saturated carbocycles. The van der Waals surface area contributed by atoms with Gasteiger partial charge >= 0.3 is 0 Å². The molecule has 0 saturated heterocycles. The maximum atomic E-state index is 13.5. The lowest BCUT2D eigenvalue weighted by Gasteiger charge is -2.02. The van der Waals surface area contributed by atoms with Crippen LogP contribution in [0.15, 0.2) is 24.7 Å². The van der Waals surface area contributed by atoms with Gasteiger partial charge < -0.3 is 4.74 Å². The minimum Gasteiger partial charge on any atom is -0.494 e. The van der Waals surface area contributed by atoms with Gasteiger partial charge in [0.2, 0.25) is 0 Å². The van der Waals surface area contributed by atoms with Crippen LogP contribution in [0.3, 0.4) is 0 Å². The van der Waals surface area contributed by atoms with Gasteiger partial charge in [-0.2, -0.15) is 0 Å². The zero-order valence-corrected chi connectivity index (χ0v) is 8.21. The topological polar surface area (TPSA) is 35.0 Å². The van der Waals surface area contributed by atoms with Crippen molar-refractivity contribution in [1.29, 1.82) is 0 Å². The van der Waals surface area contributed by atoms with Gasteiger partial charge in [-0.25, -0.2) is 14.4 Å². The molecule has 0 fully saturated rings. The highest BCUT2D eigenvalue weighted by Gasteiger charge is 2.07. The van der Waals surface area contributed by atoms with Crippen molar-refractivity contribution in [3.05, 3.63) is 30.5 Å². The molecule has 0 aliphatic heterocycles. The van der Waals surface area contributed by atoms with Crippen LogP contribution in [-0.2, 0) is 0 Å². The zero-order chi connectivity index (χ0) is 9.26. The van der Waals surface area contributed by atoms with Gasteiger partial charge in [-0.15, -0.1) is 12.4 Å². The predicted octanol–water partition coefficient (Wildman–Crippen LogP) is 2.20. The molecule has 2 rings (SSSR count). The van der Waals surface area contributed by atoms with Crippen LogP contribution in [0.1, 0.15) is 0 Å². The molecule has 0 atom stereocenters. The Labute approximate surface area is 86.3 Å². The summed E-state index contributed by atoms with van der Waals surface area (Å²) in [6.45, 7) is 0. The van der Waals surface area contributed by atoms with E-state index in [4.69, 9.17) is 4.74 Å². The van der Waals surface area contributed by atoms with Gasteiger partial charge in [0.25, 0.3) is 0 Å². The van der Waals surface area contributed by atoms with Crippen LogP contribution in [0.5, 0.6) is 5.75 Å². The molecule has 2 aromatic rings. The minimum absolute atomic E-state index is 0. The van der Waals surface area contributed by atoms with Gasteiger partial charge in [0.05, 0.1) is 7.11 Å². The summed E-state index contributed by atoms with van der Waals surface area (Å²) in [5.74, 6) is -0.242. The Balaban J connectivity index is 0.000000980. The number of hydrogen-bond acceptors (Lipinski definition) is 3. The summed E-state index contributed by atoms with van der Waals surface area (Å²) in [4.78, 5) is 7.61. The number of hydrogen-bond donors (Lipinski definition) is 0. The Bertz CT molecular complexity index is 450. The molecule has 1 aromatic heterocycles. The molecule has 0 unspecified atom stereocenters. The Hall–Kier alpha value is -1.42. The van der Waals surface area contributed by atoms with Gasteiger partial charge in [-0.1, -0.05) is 0 Å². The summed E-state index contributed by atoms with van der Waals surface area (Å²) >= 11 is 0. The Morgan fingerprint density at radius 1 is 1.36 bits per heavy atom. The van der Waals surface area contributed by atoms with Crippen LogP contribution in [0, 0.1) is 5.82 Å². The molecule has 0 radical (unpaired) electrons. The second kappa shape index (κ2) is 4.19. The summed E-state index contributed by atoms with van der Waals surface area (Å²) < 4.78 is 18.3. The average Bonchev–Trinajstić information content (AvgIpc) is 2.19. The highest BCUT2D eigenvalue weighted by Crippen LogP contribution is 2.23. The van der Waals surface area contributed by atoms with Crippen LogP contribution in [0.25, 0.3) is 10.9 Å². The molecule has 0 aliphatic carbocycles. The highest BCUT2D eigenvalue weighted by atomic mass is 35.5. The van der Waals surface area contributed by atoms with Gasteiger partial charge in [0.1, 0.15) is 11.8 Å². The first kappa shape index (κ1) is 10.7. The summed E-state index contributed by atoms with van der Waals surface area (Å²) in [5.41, 5.74) is 0.286.